The number of hydrogen-bond acceptors (Lipinski definition) is 3. The maximum Gasteiger partial charge on any atom is 0.126 e. The van der Waals surface area contributed by atoms with Gasteiger partial charge in [0.05, 0.1) is 0 Å². The molecule has 0 atom stereocenters. The van der Waals surface area contributed by atoms with E-state index in [1.807, 2.05) is 6.20 Å². The van der Waals surface area contributed by atoms with Gasteiger partial charge in [0.15, 0.2) is 0 Å². The minimum absolute atomic E-state index is 0.552. The third kappa shape index (κ3) is 3.93. The van der Waals surface area contributed by atoms with Crippen LogP contribution in [0.15, 0.2) is 18.3 Å². The van der Waals surface area contributed by atoms with Crippen LogP contribution in [0.5, 0.6) is 0 Å². The molecule has 19 heavy (non-hydrogen) atoms. The van der Waals surface area contributed by atoms with E-state index < -0.39 is 0 Å². The quantitative estimate of drug-likeness (QED) is 0.899. The Morgan fingerprint density at radius 1 is 1.16 bits per heavy atom. The predicted octanol–water partition coefficient (Wildman–Crippen LogP) is 3.49. The number of hydrogen-bond donors (Lipinski definition) is 1. The molecule has 0 bridgehead atoms. The minimum atomic E-state index is 0.552. The summed E-state index contributed by atoms with van der Waals surface area (Å²) in [6.45, 7) is 11.3. The van der Waals surface area contributed by atoms with E-state index in [1.165, 1.54) is 31.5 Å². The summed E-state index contributed by atoms with van der Waals surface area (Å²) in [6, 6.07) is 5.55. The van der Waals surface area contributed by atoms with Crippen molar-refractivity contribution in [2.75, 3.05) is 18.4 Å². The topological polar surface area (TPSA) is 28.2 Å². The monoisotopic (exact) mass is 261 g/mol. The highest BCUT2D eigenvalue weighted by Crippen LogP contribution is 2.18. The van der Waals surface area contributed by atoms with Crippen LogP contribution in [0, 0.1) is 0 Å². The van der Waals surface area contributed by atoms with Crippen molar-refractivity contribution < 1.29 is 0 Å². The van der Waals surface area contributed by atoms with Gasteiger partial charge in [0.1, 0.15) is 5.82 Å². The molecular formula is C16H27N3. The molecule has 0 saturated carbocycles. The summed E-state index contributed by atoms with van der Waals surface area (Å²) < 4.78 is 0. The highest BCUT2D eigenvalue weighted by atomic mass is 15.2. The fraction of sp³-hybridized carbons (Fsp3) is 0.688. The molecule has 0 radical (unpaired) electrons. The Labute approximate surface area is 117 Å². The number of aromatic nitrogens is 1. The molecule has 1 saturated heterocycles. The Kier molecular flexibility index (Phi) is 4.81. The fourth-order valence-corrected chi connectivity index (χ4v) is 2.60. The summed E-state index contributed by atoms with van der Waals surface area (Å²) in [5, 5.41) is 3.57. The van der Waals surface area contributed by atoms with E-state index in [1.54, 1.807) is 0 Å². The molecule has 1 fully saturated rings. The van der Waals surface area contributed by atoms with Gasteiger partial charge in [-0.1, -0.05) is 19.9 Å². The van der Waals surface area contributed by atoms with Gasteiger partial charge < -0.3 is 10.2 Å². The van der Waals surface area contributed by atoms with Gasteiger partial charge in [-0.05, 0) is 44.2 Å². The van der Waals surface area contributed by atoms with Crippen molar-refractivity contribution in [2.45, 2.75) is 58.5 Å². The van der Waals surface area contributed by atoms with Gasteiger partial charge in [0, 0.05) is 31.4 Å². The fourth-order valence-electron chi connectivity index (χ4n) is 2.60. The molecule has 0 spiro atoms. The molecule has 0 unspecified atom stereocenters. The van der Waals surface area contributed by atoms with Crippen LogP contribution in [0.3, 0.4) is 0 Å². The van der Waals surface area contributed by atoms with Gasteiger partial charge in [-0.3, -0.25) is 0 Å². The average Bonchev–Trinajstić information content (AvgIpc) is 2.40. The van der Waals surface area contributed by atoms with Crippen molar-refractivity contribution in [3.8, 4) is 0 Å². The van der Waals surface area contributed by atoms with Crippen molar-refractivity contribution in [3.63, 3.8) is 0 Å². The van der Waals surface area contributed by atoms with Crippen LogP contribution >= 0.6 is 0 Å². The van der Waals surface area contributed by atoms with Crippen LogP contribution in [-0.2, 0) is 0 Å². The highest BCUT2D eigenvalue weighted by molar-refractivity contribution is 5.37. The van der Waals surface area contributed by atoms with E-state index in [0.717, 1.165) is 5.82 Å². The van der Waals surface area contributed by atoms with Gasteiger partial charge in [-0.15, -0.1) is 0 Å². The number of likely N-dealkylation sites (tertiary alicyclic amines) is 1. The van der Waals surface area contributed by atoms with E-state index in [0.29, 0.717) is 18.0 Å². The van der Waals surface area contributed by atoms with Gasteiger partial charge in [-0.25, -0.2) is 4.98 Å². The zero-order chi connectivity index (χ0) is 13.8. The standard InChI is InChI=1S/C16H27N3/c1-12(2)14-5-6-16(17-11-14)18-15-7-9-19(10-8-15)13(3)4/h5-6,11-13,15H,7-10H2,1-4H3,(H,17,18). The highest BCUT2D eigenvalue weighted by Gasteiger charge is 2.20. The number of rotatable bonds is 4. The average molecular weight is 261 g/mol. The Morgan fingerprint density at radius 3 is 2.32 bits per heavy atom. The molecular weight excluding hydrogens is 234 g/mol. The summed E-state index contributed by atoms with van der Waals surface area (Å²) in [4.78, 5) is 7.07. The van der Waals surface area contributed by atoms with E-state index in [-0.39, 0.29) is 0 Å². The van der Waals surface area contributed by atoms with Crippen LogP contribution in [0.1, 0.15) is 52.0 Å². The second-order valence-corrected chi connectivity index (χ2v) is 6.18. The Hall–Kier alpha value is -1.09. The van der Waals surface area contributed by atoms with Crippen molar-refractivity contribution in [3.05, 3.63) is 23.9 Å². The molecule has 0 aliphatic carbocycles. The first kappa shape index (κ1) is 14.3. The van der Waals surface area contributed by atoms with Crippen molar-refractivity contribution >= 4 is 5.82 Å². The molecule has 2 heterocycles. The molecule has 1 aliphatic heterocycles. The molecule has 3 nitrogen and oxygen atoms in total. The zero-order valence-electron chi connectivity index (χ0n) is 12.7. The number of anilines is 1. The smallest absolute Gasteiger partial charge is 0.126 e. The van der Waals surface area contributed by atoms with Crippen LogP contribution < -0.4 is 5.32 Å². The normalized spacial score (nSPS) is 18.2. The van der Waals surface area contributed by atoms with Crippen LogP contribution in [0.25, 0.3) is 0 Å². The van der Waals surface area contributed by atoms with Crippen LogP contribution in [0.2, 0.25) is 0 Å². The number of pyridine rings is 1. The maximum atomic E-state index is 4.52. The molecule has 1 aromatic rings. The second kappa shape index (κ2) is 6.38. The molecule has 1 aromatic heterocycles. The lowest BCUT2D eigenvalue weighted by Gasteiger charge is -2.35. The summed E-state index contributed by atoms with van der Waals surface area (Å²) in [5.74, 6) is 1.57. The van der Waals surface area contributed by atoms with E-state index >= 15 is 0 Å². The lowest BCUT2D eigenvalue weighted by Crippen LogP contribution is -2.42. The zero-order valence-corrected chi connectivity index (χ0v) is 12.7. The van der Waals surface area contributed by atoms with Crippen LogP contribution in [0.4, 0.5) is 5.82 Å². The number of nitrogens with zero attached hydrogens (tertiary/aromatic N) is 2. The van der Waals surface area contributed by atoms with Gasteiger partial charge in [0.25, 0.3) is 0 Å². The maximum absolute atomic E-state index is 4.52. The first-order valence-electron chi connectivity index (χ1n) is 7.53. The molecule has 2 rings (SSSR count). The van der Waals surface area contributed by atoms with E-state index in [2.05, 4.69) is 55.0 Å². The third-order valence-electron chi connectivity index (χ3n) is 4.06. The number of nitrogens with one attached hydrogen (secondary N) is 1. The van der Waals surface area contributed by atoms with E-state index in [4.69, 9.17) is 0 Å². The molecule has 1 N–H and O–H groups in total. The predicted molar refractivity (Wildman–Crippen MR) is 81.7 cm³/mol. The van der Waals surface area contributed by atoms with Gasteiger partial charge in [-0.2, -0.15) is 0 Å². The summed E-state index contributed by atoms with van der Waals surface area (Å²) in [5.41, 5.74) is 1.31. The van der Waals surface area contributed by atoms with E-state index in [9.17, 15) is 0 Å². The summed E-state index contributed by atoms with van der Waals surface area (Å²) in [6.07, 6.45) is 4.42. The largest absolute Gasteiger partial charge is 0.367 e. The first-order chi connectivity index (χ1) is 9.06. The molecule has 3 heteroatoms. The first-order valence-corrected chi connectivity index (χ1v) is 7.53. The SMILES string of the molecule is CC(C)c1ccc(NC2CCN(C(C)C)CC2)nc1. The lowest BCUT2D eigenvalue weighted by molar-refractivity contribution is 0.177. The lowest BCUT2D eigenvalue weighted by atomic mass is 10.0. The Balaban J connectivity index is 1.85. The molecule has 0 aromatic carbocycles. The van der Waals surface area contributed by atoms with Crippen LogP contribution in [-0.4, -0.2) is 35.1 Å². The van der Waals surface area contributed by atoms with Gasteiger partial charge >= 0.3 is 0 Å². The van der Waals surface area contributed by atoms with Gasteiger partial charge in [0.2, 0.25) is 0 Å². The summed E-state index contributed by atoms with van der Waals surface area (Å²) >= 11 is 0. The molecule has 0 amide bonds. The second-order valence-electron chi connectivity index (χ2n) is 6.18. The third-order valence-corrected chi connectivity index (χ3v) is 4.06. The minimum Gasteiger partial charge on any atom is -0.367 e. The van der Waals surface area contributed by atoms with Crippen molar-refractivity contribution in [1.29, 1.82) is 0 Å². The number of piperidine rings is 1. The molecule has 106 valence electrons. The van der Waals surface area contributed by atoms with Crippen molar-refractivity contribution in [1.82, 2.24) is 9.88 Å². The Morgan fingerprint density at radius 2 is 1.84 bits per heavy atom. The van der Waals surface area contributed by atoms with Crippen molar-refractivity contribution in [2.24, 2.45) is 0 Å². The summed E-state index contributed by atoms with van der Waals surface area (Å²) in [7, 11) is 0. The molecule has 1 aliphatic rings. The Bertz CT molecular complexity index is 375.